The molecule has 1 amide bonds. The predicted molar refractivity (Wildman–Crippen MR) is 108 cm³/mol. The van der Waals surface area contributed by atoms with Gasteiger partial charge in [-0.05, 0) is 42.2 Å². The van der Waals surface area contributed by atoms with E-state index in [1.165, 1.54) is 10.4 Å². The van der Waals surface area contributed by atoms with Crippen LogP contribution in [0.3, 0.4) is 0 Å². The van der Waals surface area contributed by atoms with Crippen LogP contribution in [0.25, 0.3) is 0 Å². The fourth-order valence-electron chi connectivity index (χ4n) is 3.31. The summed E-state index contributed by atoms with van der Waals surface area (Å²) in [6.07, 6.45) is 0.999. The van der Waals surface area contributed by atoms with Gasteiger partial charge in [0.25, 0.3) is 5.91 Å². The molecular formula is C21H26N2O4S. The zero-order chi connectivity index (χ0) is 20.3. The maximum Gasteiger partial charge on any atom is 0.257 e. The Bertz CT molecular complexity index is 933. The highest BCUT2D eigenvalue weighted by Gasteiger charge is 2.31. The van der Waals surface area contributed by atoms with Crippen LogP contribution < -0.4 is 0 Å². The molecule has 0 saturated carbocycles. The number of aromatic hydroxyl groups is 1. The van der Waals surface area contributed by atoms with E-state index in [4.69, 9.17) is 0 Å². The van der Waals surface area contributed by atoms with E-state index in [1.54, 1.807) is 35.2 Å². The molecule has 7 heteroatoms. The molecule has 1 aliphatic heterocycles. The number of phenols is 1. The van der Waals surface area contributed by atoms with Crippen LogP contribution in [-0.2, 0) is 10.0 Å². The van der Waals surface area contributed by atoms with Crippen LogP contribution in [0.5, 0.6) is 5.75 Å². The van der Waals surface area contributed by atoms with Crippen molar-refractivity contribution in [3.63, 3.8) is 0 Å². The second-order valence-corrected chi connectivity index (χ2v) is 9.03. The SMILES string of the molecule is CCC(C)c1ccc(S(=O)(=O)N2CCN(C(=O)c3ccccc3O)CC2)cc1. The number of piperazine rings is 1. The molecule has 0 spiro atoms. The minimum absolute atomic E-state index is 0.0658. The van der Waals surface area contributed by atoms with Crippen molar-refractivity contribution < 1.29 is 18.3 Å². The molecule has 1 atom stereocenters. The fourth-order valence-corrected chi connectivity index (χ4v) is 4.73. The summed E-state index contributed by atoms with van der Waals surface area (Å²) in [6, 6.07) is 13.5. The van der Waals surface area contributed by atoms with Crippen LogP contribution in [0.1, 0.15) is 42.1 Å². The van der Waals surface area contributed by atoms with Gasteiger partial charge in [0, 0.05) is 26.2 Å². The molecule has 6 nitrogen and oxygen atoms in total. The van der Waals surface area contributed by atoms with E-state index in [-0.39, 0.29) is 48.3 Å². The predicted octanol–water partition coefficient (Wildman–Crippen LogP) is 3.05. The van der Waals surface area contributed by atoms with E-state index < -0.39 is 10.0 Å². The largest absolute Gasteiger partial charge is 0.507 e. The minimum atomic E-state index is -3.59. The van der Waals surface area contributed by atoms with Crippen LogP contribution >= 0.6 is 0 Å². The summed E-state index contributed by atoms with van der Waals surface area (Å²) in [5.41, 5.74) is 1.36. The fraction of sp³-hybridized carbons (Fsp3) is 0.381. The van der Waals surface area contributed by atoms with Gasteiger partial charge in [-0.15, -0.1) is 0 Å². The molecule has 150 valence electrons. The highest BCUT2D eigenvalue weighted by Crippen LogP contribution is 2.24. The van der Waals surface area contributed by atoms with Crippen molar-refractivity contribution in [2.24, 2.45) is 0 Å². The number of carbonyl (C=O) groups excluding carboxylic acids is 1. The number of hydrogen-bond donors (Lipinski definition) is 1. The zero-order valence-corrected chi connectivity index (χ0v) is 17.0. The first kappa shape index (κ1) is 20.4. The van der Waals surface area contributed by atoms with Crippen molar-refractivity contribution >= 4 is 15.9 Å². The maximum atomic E-state index is 12.9. The molecular weight excluding hydrogens is 376 g/mol. The molecule has 3 rings (SSSR count). The van der Waals surface area contributed by atoms with E-state index in [2.05, 4.69) is 13.8 Å². The average molecular weight is 403 g/mol. The standard InChI is InChI=1S/C21H26N2O4S/c1-3-16(2)17-8-10-18(11-9-17)28(26,27)23-14-12-22(13-15-23)21(25)19-6-4-5-7-20(19)24/h4-11,16,24H,3,12-15H2,1-2H3. The summed E-state index contributed by atoms with van der Waals surface area (Å²) in [7, 11) is -3.59. The smallest absolute Gasteiger partial charge is 0.257 e. The van der Waals surface area contributed by atoms with Gasteiger partial charge in [0.1, 0.15) is 5.75 Å². The molecule has 1 saturated heterocycles. The summed E-state index contributed by atoms with van der Waals surface area (Å²) in [5.74, 6) is 0.0396. The summed E-state index contributed by atoms with van der Waals surface area (Å²) in [6.45, 7) is 5.26. The van der Waals surface area contributed by atoms with Crippen molar-refractivity contribution in [2.75, 3.05) is 26.2 Å². The highest BCUT2D eigenvalue weighted by atomic mass is 32.2. The number of rotatable bonds is 5. The van der Waals surface area contributed by atoms with Crippen molar-refractivity contribution in [3.8, 4) is 5.75 Å². The third-order valence-electron chi connectivity index (χ3n) is 5.36. The van der Waals surface area contributed by atoms with Gasteiger partial charge < -0.3 is 10.0 Å². The minimum Gasteiger partial charge on any atom is -0.507 e. The first-order valence-electron chi connectivity index (χ1n) is 9.52. The lowest BCUT2D eigenvalue weighted by Gasteiger charge is -2.34. The topological polar surface area (TPSA) is 77.9 Å². The molecule has 0 aromatic heterocycles. The maximum absolute atomic E-state index is 12.9. The number of hydrogen-bond acceptors (Lipinski definition) is 4. The molecule has 1 heterocycles. The first-order chi connectivity index (χ1) is 13.3. The van der Waals surface area contributed by atoms with Gasteiger partial charge in [-0.3, -0.25) is 4.79 Å². The number of benzene rings is 2. The second-order valence-electron chi connectivity index (χ2n) is 7.09. The number of amides is 1. The van der Waals surface area contributed by atoms with E-state index in [0.717, 1.165) is 12.0 Å². The van der Waals surface area contributed by atoms with E-state index in [0.29, 0.717) is 5.92 Å². The average Bonchev–Trinajstić information content (AvgIpc) is 2.73. The molecule has 2 aromatic rings. The Morgan fingerprint density at radius 1 is 1.04 bits per heavy atom. The van der Waals surface area contributed by atoms with Gasteiger partial charge in [-0.25, -0.2) is 8.42 Å². The molecule has 0 bridgehead atoms. The van der Waals surface area contributed by atoms with E-state index >= 15 is 0 Å². The normalized spacial score (nSPS) is 16.7. The summed E-state index contributed by atoms with van der Waals surface area (Å²) in [4.78, 5) is 14.4. The van der Waals surface area contributed by atoms with E-state index in [9.17, 15) is 18.3 Å². The Balaban J connectivity index is 1.68. The van der Waals surface area contributed by atoms with Gasteiger partial charge in [0.2, 0.25) is 10.0 Å². The number of para-hydroxylation sites is 1. The monoisotopic (exact) mass is 402 g/mol. The van der Waals surface area contributed by atoms with Gasteiger partial charge in [0.15, 0.2) is 0 Å². The van der Waals surface area contributed by atoms with Crippen molar-refractivity contribution in [1.82, 2.24) is 9.21 Å². The third kappa shape index (κ3) is 4.05. The lowest BCUT2D eigenvalue weighted by Crippen LogP contribution is -2.50. The molecule has 1 N–H and O–H groups in total. The molecule has 2 aromatic carbocycles. The van der Waals surface area contributed by atoms with Gasteiger partial charge in [-0.2, -0.15) is 4.31 Å². The van der Waals surface area contributed by atoms with Crippen LogP contribution in [-0.4, -0.2) is 54.8 Å². The number of sulfonamides is 1. The lowest BCUT2D eigenvalue weighted by molar-refractivity contribution is 0.0695. The second kappa shape index (κ2) is 8.32. The van der Waals surface area contributed by atoms with Crippen LogP contribution in [0, 0.1) is 0 Å². The van der Waals surface area contributed by atoms with Crippen molar-refractivity contribution in [1.29, 1.82) is 0 Å². The van der Waals surface area contributed by atoms with Crippen molar-refractivity contribution in [3.05, 3.63) is 59.7 Å². The van der Waals surface area contributed by atoms with Gasteiger partial charge in [-0.1, -0.05) is 38.1 Å². The van der Waals surface area contributed by atoms with Gasteiger partial charge >= 0.3 is 0 Å². The van der Waals surface area contributed by atoms with Crippen molar-refractivity contribution in [2.45, 2.75) is 31.1 Å². The summed E-state index contributed by atoms with van der Waals surface area (Å²) >= 11 is 0. The number of carbonyl (C=O) groups is 1. The highest BCUT2D eigenvalue weighted by molar-refractivity contribution is 7.89. The van der Waals surface area contributed by atoms with Crippen LogP contribution in [0.2, 0.25) is 0 Å². The van der Waals surface area contributed by atoms with Crippen LogP contribution in [0.4, 0.5) is 0 Å². The molecule has 1 aliphatic rings. The third-order valence-corrected chi connectivity index (χ3v) is 7.27. The molecule has 0 radical (unpaired) electrons. The summed E-state index contributed by atoms with van der Waals surface area (Å²) in [5, 5.41) is 9.87. The zero-order valence-electron chi connectivity index (χ0n) is 16.2. The summed E-state index contributed by atoms with van der Waals surface area (Å²) < 4.78 is 27.3. The Morgan fingerprint density at radius 3 is 2.21 bits per heavy atom. The Kier molecular flexibility index (Phi) is 6.05. The van der Waals surface area contributed by atoms with Crippen LogP contribution in [0.15, 0.2) is 53.4 Å². The number of nitrogens with zero attached hydrogens (tertiary/aromatic N) is 2. The van der Waals surface area contributed by atoms with Gasteiger partial charge in [0.05, 0.1) is 10.5 Å². The molecule has 1 unspecified atom stereocenters. The van der Waals surface area contributed by atoms with E-state index in [1.807, 2.05) is 12.1 Å². The Morgan fingerprint density at radius 2 is 1.64 bits per heavy atom. The lowest BCUT2D eigenvalue weighted by atomic mass is 9.99. The molecule has 0 aliphatic carbocycles. The first-order valence-corrected chi connectivity index (χ1v) is 11.0. The number of phenolic OH excluding ortho intramolecular Hbond substituents is 1. The Hall–Kier alpha value is -2.38. The Labute approximate surface area is 166 Å². The molecule has 28 heavy (non-hydrogen) atoms. The molecule has 1 fully saturated rings. The quantitative estimate of drug-likeness (QED) is 0.834.